The van der Waals surface area contributed by atoms with Crippen LogP contribution in [0.25, 0.3) is 0 Å². The molecule has 0 aliphatic carbocycles. The zero-order valence-electron chi connectivity index (χ0n) is 11.3. The van der Waals surface area contributed by atoms with Crippen LogP contribution in [0.15, 0.2) is 0 Å². The molecule has 0 aromatic heterocycles. The highest BCUT2D eigenvalue weighted by Crippen LogP contribution is 2.19. The Labute approximate surface area is 116 Å². The maximum atomic E-state index is 10.9. The number of carboxylic acids is 1. The third kappa shape index (κ3) is 5.04. The fraction of sp³-hybridized carbons (Fsp3) is 0.833. The summed E-state index contributed by atoms with van der Waals surface area (Å²) in [6.45, 7) is 0.511. The highest BCUT2D eigenvalue weighted by molar-refractivity contribution is 5.73. The molecule has 0 aromatic rings. The van der Waals surface area contributed by atoms with Crippen molar-refractivity contribution < 1.29 is 34.4 Å². The van der Waals surface area contributed by atoms with E-state index in [1.807, 2.05) is 0 Å². The number of hydrogen-bond acceptors (Lipinski definition) is 7. The number of rotatable bonds is 7. The van der Waals surface area contributed by atoms with Gasteiger partial charge in [-0.25, -0.2) is 4.79 Å². The molecule has 1 saturated heterocycles. The number of aliphatic carboxylic acids is 1. The smallest absolute Gasteiger partial charge is 0.335 e. The summed E-state index contributed by atoms with van der Waals surface area (Å²) in [6, 6.07) is 0. The van der Waals surface area contributed by atoms with Crippen LogP contribution in [0.1, 0.15) is 25.7 Å². The van der Waals surface area contributed by atoms with Crippen molar-refractivity contribution in [3.8, 4) is 0 Å². The summed E-state index contributed by atoms with van der Waals surface area (Å²) in [5.41, 5.74) is 0. The minimum absolute atomic E-state index is 0.113. The van der Waals surface area contributed by atoms with E-state index in [4.69, 9.17) is 9.84 Å². The molecular formula is C12H21NO7. The highest BCUT2D eigenvalue weighted by atomic mass is 16.6. The zero-order chi connectivity index (χ0) is 15.1. The Bertz CT molecular complexity index is 336. The summed E-state index contributed by atoms with van der Waals surface area (Å²) in [6.07, 6.45) is -2.88. The normalized spacial score (nSPS) is 29.9. The Balaban J connectivity index is 2.27. The predicted octanol–water partition coefficient (Wildman–Crippen LogP) is -1.16. The van der Waals surface area contributed by atoms with E-state index in [-0.39, 0.29) is 12.4 Å². The summed E-state index contributed by atoms with van der Waals surface area (Å²) >= 11 is 0. The number of carbonyl (C=O) groups is 2. The van der Waals surface area contributed by atoms with Gasteiger partial charge in [-0.15, -0.1) is 0 Å². The minimum atomic E-state index is -1.44. The summed E-state index contributed by atoms with van der Waals surface area (Å²) in [5.74, 6) is -1.59. The molecule has 1 rings (SSSR count). The van der Waals surface area contributed by atoms with Crippen LogP contribution < -0.4 is 5.32 Å². The molecule has 1 heterocycles. The Morgan fingerprint density at radius 3 is 2.65 bits per heavy atom. The summed E-state index contributed by atoms with van der Waals surface area (Å²) in [4.78, 5) is 21.7. The SMILES string of the molecule is COC(=O)CCCCNC1CC(O)C(O)C(C(=O)O)O1. The third-order valence-corrected chi connectivity index (χ3v) is 3.12. The molecule has 0 saturated carbocycles. The Hall–Kier alpha value is -1.22. The van der Waals surface area contributed by atoms with E-state index in [1.165, 1.54) is 7.11 Å². The van der Waals surface area contributed by atoms with E-state index < -0.39 is 30.5 Å². The van der Waals surface area contributed by atoms with Gasteiger partial charge >= 0.3 is 11.9 Å². The van der Waals surface area contributed by atoms with Gasteiger partial charge in [0.2, 0.25) is 0 Å². The van der Waals surface area contributed by atoms with Crippen molar-refractivity contribution in [3.05, 3.63) is 0 Å². The summed E-state index contributed by atoms with van der Waals surface area (Å²) in [7, 11) is 1.33. The number of unbranched alkanes of at least 4 members (excludes halogenated alkanes) is 1. The van der Waals surface area contributed by atoms with Crippen LogP contribution in [-0.2, 0) is 19.1 Å². The molecule has 0 spiro atoms. The maximum absolute atomic E-state index is 10.9. The molecule has 0 radical (unpaired) electrons. The molecule has 4 N–H and O–H groups in total. The van der Waals surface area contributed by atoms with Crippen LogP contribution >= 0.6 is 0 Å². The number of hydrogen-bond donors (Lipinski definition) is 4. The van der Waals surface area contributed by atoms with E-state index >= 15 is 0 Å². The molecule has 8 heteroatoms. The second-order valence-corrected chi connectivity index (χ2v) is 4.66. The van der Waals surface area contributed by atoms with Gasteiger partial charge in [0.05, 0.1) is 13.2 Å². The first kappa shape index (κ1) is 16.8. The first-order chi connectivity index (χ1) is 9.45. The standard InChI is InChI=1S/C12H21NO7/c1-19-9(15)4-2-3-5-13-8-6-7(14)10(16)11(20-8)12(17)18/h7-8,10-11,13-14,16H,2-6H2,1H3,(H,17,18). The molecule has 0 aromatic carbocycles. The quantitative estimate of drug-likeness (QED) is 0.342. The van der Waals surface area contributed by atoms with Crippen LogP contribution in [0.2, 0.25) is 0 Å². The largest absolute Gasteiger partial charge is 0.479 e. The number of methoxy groups -OCH3 is 1. The van der Waals surface area contributed by atoms with Gasteiger partial charge in [-0.1, -0.05) is 0 Å². The van der Waals surface area contributed by atoms with Gasteiger partial charge in [-0.05, 0) is 19.4 Å². The number of carbonyl (C=O) groups excluding carboxylic acids is 1. The molecular weight excluding hydrogens is 270 g/mol. The molecule has 0 bridgehead atoms. The lowest BCUT2D eigenvalue weighted by Crippen LogP contribution is -2.55. The first-order valence-electron chi connectivity index (χ1n) is 6.50. The number of aliphatic hydroxyl groups excluding tert-OH is 2. The van der Waals surface area contributed by atoms with E-state index in [1.54, 1.807) is 0 Å². The lowest BCUT2D eigenvalue weighted by molar-refractivity contribution is -0.197. The lowest BCUT2D eigenvalue weighted by Gasteiger charge is -2.35. The molecule has 0 amide bonds. The molecule has 20 heavy (non-hydrogen) atoms. The Morgan fingerprint density at radius 2 is 2.05 bits per heavy atom. The topological polar surface area (TPSA) is 125 Å². The highest BCUT2D eigenvalue weighted by Gasteiger charge is 2.40. The molecule has 4 unspecified atom stereocenters. The number of carboxylic acid groups (broad SMARTS) is 1. The van der Waals surface area contributed by atoms with Crippen molar-refractivity contribution in [1.29, 1.82) is 0 Å². The molecule has 8 nitrogen and oxygen atoms in total. The number of ether oxygens (including phenoxy) is 2. The summed E-state index contributed by atoms with van der Waals surface area (Å²) < 4.78 is 9.67. The minimum Gasteiger partial charge on any atom is -0.479 e. The van der Waals surface area contributed by atoms with Gasteiger partial charge in [0.25, 0.3) is 0 Å². The zero-order valence-corrected chi connectivity index (χ0v) is 11.3. The van der Waals surface area contributed by atoms with Crippen LogP contribution in [0.4, 0.5) is 0 Å². The fourth-order valence-corrected chi connectivity index (χ4v) is 1.97. The van der Waals surface area contributed by atoms with Crippen LogP contribution in [0.3, 0.4) is 0 Å². The lowest BCUT2D eigenvalue weighted by atomic mass is 10.0. The second kappa shape index (κ2) is 8.15. The van der Waals surface area contributed by atoms with Gasteiger partial charge in [0.15, 0.2) is 6.10 Å². The number of aliphatic hydroxyl groups is 2. The third-order valence-electron chi connectivity index (χ3n) is 3.12. The molecule has 1 aliphatic rings. The van der Waals surface area contributed by atoms with Crippen molar-refractivity contribution in [2.45, 2.75) is 50.2 Å². The van der Waals surface area contributed by atoms with Gasteiger partial charge in [-0.3, -0.25) is 10.1 Å². The van der Waals surface area contributed by atoms with Crippen LogP contribution in [0, 0.1) is 0 Å². The number of nitrogens with one attached hydrogen (secondary N) is 1. The van der Waals surface area contributed by atoms with Crippen molar-refractivity contribution in [2.24, 2.45) is 0 Å². The Kier molecular flexibility index (Phi) is 6.86. The number of esters is 1. The van der Waals surface area contributed by atoms with Gasteiger partial charge < -0.3 is 24.8 Å². The average molecular weight is 291 g/mol. The van der Waals surface area contributed by atoms with E-state index in [0.717, 1.165) is 0 Å². The maximum Gasteiger partial charge on any atom is 0.335 e. The second-order valence-electron chi connectivity index (χ2n) is 4.66. The summed E-state index contributed by atoms with van der Waals surface area (Å²) in [5, 5.41) is 30.9. The van der Waals surface area contributed by atoms with Crippen molar-refractivity contribution in [3.63, 3.8) is 0 Å². The van der Waals surface area contributed by atoms with Crippen molar-refractivity contribution in [1.82, 2.24) is 5.32 Å². The molecule has 4 atom stereocenters. The van der Waals surface area contributed by atoms with Crippen molar-refractivity contribution >= 4 is 11.9 Å². The van der Waals surface area contributed by atoms with Crippen molar-refractivity contribution in [2.75, 3.05) is 13.7 Å². The van der Waals surface area contributed by atoms with E-state index in [0.29, 0.717) is 25.8 Å². The van der Waals surface area contributed by atoms with Gasteiger partial charge in [0.1, 0.15) is 12.3 Å². The fourth-order valence-electron chi connectivity index (χ4n) is 1.97. The first-order valence-corrected chi connectivity index (χ1v) is 6.50. The van der Waals surface area contributed by atoms with Gasteiger partial charge in [-0.2, -0.15) is 0 Å². The Morgan fingerprint density at radius 1 is 1.35 bits per heavy atom. The van der Waals surface area contributed by atoms with E-state index in [9.17, 15) is 19.8 Å². The van der Waals surface area contributed by atoms with E-state index in [2.05, 4.69) is 10.1 Å². The van der Waals surface area contributed by atoms with Gasteiger partial charge in [0, 0.05) is 12.8 Å². The molecule has 1 aliphatic heterocycles. The average Bonchev–Trinajstić information content (AvgIpc) is 2.41. The molecule has 116 valence electrons. The van der Waals surface area contributed by atoms with Crippen LogP contribution in [0.5, 0.6) is 0 Å². The monoisotopic (exact) mass is 291 g/mol. The molecule has 1 fully saturated rings. The predicted molar refractivity (Wildman–Crippen MR) is 66.8 cm³/mol. The van der Waals surface area contributed by atoms with Crippen LogP contribution in [-0.4, -0.2) is 65.5 Å².